The van der Waals surface area contributed by atoms with Crippen molar-refractivity contribution in [2.24, 2.45) is 0 Å². The van der Waals surface area contributed by atoms with Crippen LogP contribution in [0, 0.1) is 0 Å². The van der Waals surface area contributed by atoms with Crippen LogP contribution in [-0.2, 0) is 11.2 Å². The summed E-state index contributed by atoms with van der Waals surface area (Å²) in [5, 5.41) is 3.39. The number of carbonyl (C=O) groups excluding carboxylic acids is 1. The minimum absolute atomic E-state index is 0.136. The fraction of sp³-hybridized carbons (Fsp3) is 0.333. The van der Waals surface area contributed by atoms with Crippen molar-refractivity contribution in [3.8, 4) is 0 Å². The Morgan fingerprint density at radius 1 is 1.23 bits per heavy atom. The quantitative estimate of drug-likeness (QED) is 0.940. The zero-order valence-corrected chi connectivity index (χ0v) is 12.6. The molecule has 1 fully saturated rings. The lowest BCUT2D eigenvalue weighted by Gasteiger charge is -2.36. The second-order valence-electron chi connectivity index (χ2n) is 5.58. The molecule has 1 amide bonds. The summed E-state index contributed by atoms with van der Waals surface area (Å²) in [5.74, 6) is 0.221. The Hall–Kier alpha value is -2.20. The Bertz CT molecular complexity index is 600. The van der Waals surface area contributed by atoms with Gasteiger partial charge in [0.15, 0.2) is 0 Å². The fourth-order valence-electron chi connectivity index (χ4n) is 2.92. The van der Waals surface area contributed by atoms with Gasteiger partial charge in [-0.1, -0.05) is 36.4 Å². The molecule has 1 aliphatic rings. The number of benzene rings is 1. The first kappa shape index (κ1) is 14.7. The van der Waals surface area contributed by atoms with Gasteiger partial charge in [0.2, 0.25) is 5.91 Å². The van der Waals surface area contributed by atoms with Gasteiger partial charge in [-0.3, -0.25) is 9.78 Å². The molecule has 1 atom stereocenters. The average Bonchev–Trinajstić information content (AvgIpc) is 2.61. The molecule has 0 spiro atoms. The maximum Gasteiger partial charge on any atom is 0.223 e. The van der Waals surface area contributed by atoms with E-state index < -0.39 is 0 Å². The van der Waals surface area contributed by atoms with Gasteiger partial charge in [-0.2, -0.15) is 0 Å². The highest BCUT2D eigenvalue weighted by atomic mass is 16.2. The van der Waals surface area contributed by atoms with Gasteiger partial charge in [0.25, 0.3) is 0 Å². The highest BCUT2D eigenvalue weighted by Crippen LogP contribution is 2.23. The number of nitrogens with one attached hydrogen (secondary N) is 1. The van der Waals surface area contributed by atoms with E-state index in [4.69, 9.17) is 0 Å². The van der Waals surface area contributed by atoms with Crippen LogP contribution in [0.1, 0.15) is 23.6 Å². The molecule has 1 aliphatic heterocycles. The second-order valence-corrected chi connectivity index (χ2v) is 5.58. The number of hydrogen-bond donors (Lipinski definition) is 1. The molecule has 2 aromatic rings. The van der Waals surface area contributed by atoms with Crippen molar-refractivity contribution < 1.29 is 4.79 Å². The molecular weight excluding hydrogens is 274 g/mol. The van der Waals surface area contributed by atoms with Crippen LogP contribution in [0.4, 0.5) is 0 Å². The number of carbonyl (C=O) groups is 1. The van der Waals surface area contributed by atoms with Gasteiger partial charge in [0.05, 0.1) is 6.04 Å². The number of nitrogens with zero attached hydrogens (tertiary/aromatic N) is 2. The smallest absolute Gasteiger partial charge is 0.223 e. The van der Waals surface area contributed by atoms with Crippen LogP contribution < -0.4 is 5.32 Å². The number of piperazine rings is 1. The van der Waals surface area contributed by atoms with Gasteiger partial charge < -0.3 is 10.2 Å². The van der Waals surface area contributed by atoms with E-state index in [-0.39, 0.29) is 11.9 Å². The summed E-state index contributed by atoms with van der Waals surface area (Å²) < 4.78 is 0. The standard InChI is InChI=1S/C18H21N3O/c22-18(9-8-15-5-4-10-19-13-15)21-12-11-20-14-17(21)16-6-2-1-3-7-16/h1-7,10,13,17,20H,8-9,11-12,14H2/t17-/m0/s1. The molecule has 0 radical (unpaired) electrons. The highest BCUT2D eigenvalue weighted by Gasteiger charge is 2.27. The van der Waals surface area contributed by atoms with Gasteiger partial charge >= 0.3 is 0 Å². The Kier molecular flexibility index (Phi) is 4.81. The molecule has 3 rings (SSSR count). The minimum Gasteiger partial charge on any atom is -0.333 e. The van der Waals surface area contributed by atoms with E-state index in [2.05, 4.69) is 22.4 Å². The van der Waals surface area contributed by atoms with Crippen molar-refractivity contribution in [3.05, 3.63) is 66.0 Å². The Balaban J connectivity index is 1.66. The monoisotopic (exact) mass is 295 g/mol. The van der Waals surface area contributed by atoms with Crippen molar-refractivity contribution >= 4 is 5.91 Å². The summed E-state index contributed by atoms with van der Waals surface area (Å²) in [7, 11) is 0. The van der Waals surface area contributed by atoms with Crippen LogP contribution in [-0.4, -0.2) is 35.4 Å². The summed E-state index contributed by atoms with van der Waals surface area (Å²) in [4.78, 5) is 18.8. The predicted octanol–water partition coefficient (Wildman–Crippen LogP) is 2.19. The largest absolute Gasteiger partial charge is 0.333 e. The van der Waals surface area contributed by atoms with E-state index in [1.165, 1.54) is 5.56 Å². The number of amides is 1. The first-order valence-corrected chi connectivity index (χ1v) is 7.78. The first-order valence-electron chi connectivity index (χ1n) is 7.78. The molecule has 2 heterocycles. The van der Waals surface area contributed by atoms with E-state index >= 15 is 0 Å². The van der Waals surface area contributed by atoms with Crippen LogP contribution in [0.5, 0.6) is 0 Å². The Morgan fingerprint density at radius 2 is 2.09 bits per heavy atom. The maximum absolute atomic E-state index is 12.6. The van der Waals surface area contributed by atoms with Crippen molar-refractivity contribution in [2.45, 2.75) is 18.9 Å². The van der Waals surface area contributed by atoms with Gasteiger partial charge in [-0.15, -0.1) is 0 Å². The summed E-state index contributed by atoms with van der Waals surface area (Å²) in [6.07, 6.45) is 4.87. The van der Waals surface area contributed by atoms with Gasteiger partial charge in [0, 0.05) is 38.4 Å². The fourth-order valence-corrected chi connectivity index (χ4v) is 2.92. The lowest BCUT2D eigenvalue weighted by Crippen LogP contribution is -2.48. The summed E-state index contributed by atoms with van der Waals surface area (Å²) in [6, 6.07) is 14.3. The van der Waals surface area contributed by atoms with Crippen molar-refractivity contribution in [1.29, 1.82) is 0 Å². The second kappa shape index (κ2) is 7.18. The molecule has 0 aliphatic carbocycles. The lowest BCUT2D eigenvalue weighted by atomic mass is 10.0. The Labute approximate surface area is 131 Å². The van der Waals surface area contributed by atoms with Crippen LogP contribution in [0.3, 0.4) is 0 Å². The summed E-state index contributed by atoms with van der Waals surface area (Å²) >= 11 is 0. The SMILES string of the molecule is O=C(CCc1cccnc1)N1CCNC[C@H]1c1ccccc1. The lowest BCUT2D eigenvalue weighted by molar-refractivity contribution is -0.134. The van der Waals surface area contributed by atoms with E-state index in [0.29, 0.717) is 6.42 Å². The topological polar surface area (TPSA) is 45.2 Å². The van der Waals surface area contributed by atoms with Crippen LogP contribution in [0.2, 0.25) is 0 Å². The highest BCUT2D eigenvalue weighted by molar-refractivity contribution is 5.77. The van der Waals surface area contributed by atoms with E-state index in [9.17, 15) is 4.79 Å². The van der Waals surface area contributed by atoms with Gasteiger partial charge in [-0.25, -0.2) is 0 Å². The Morgan fingerprint density at radius 3 is 2.86 bits per heavy atom. The van der Waals surface area contributed by atoms with Gasteiger partial charge in [-0.05, 0) is 23.6 Å². The molecule has 1 saturated heterocycles. The molecule has 4 nitrogen and oxygen atoms in total. The van der Waals surface area contributed by atoms with Crippen molar-refractivity contribution in [1.82, 2.24) is 15.2 Å². The third kappa shape index (κ3) is 3.52. The average molecular weight is 295 g/mol. The zero-order chi connectivity index (χ0) is 15.2. The molecular formula is C18H21N3O. The maximum atomic E-state index is 12.6. The molecule has 114 valence electrons. The molecule has 4 heteroatoms. The normalized spacial score (nSPS) is 18.2. The predicted molar refractivity (Wildman–Crippen MR) is 86.3 cm³/mol. The minimum atomic E-state index is 0.136. The third-order valence-electron chi connectivity index (χ3n) is 4.10. The number of rotatable bonds is 4. The summed E-state index contributed by atoms with van der Waals surface area (Å²) in [6.45, 7) is 2.45. The number of pyridine rings is 1. The molecule has 1 aromatic heterocycles. The van der Waals surface area contributed by atoms with Gasteiger partial charge in [0.1, 0.15) is 0 Å². The van der Waals surface area contributed by atoms with Crippen LogP contribution in [0.25, 0.3) is 0 Å². The molecule has 1 aromatic carbocycles. The van der Waals surface area contributed by atoms with Crippen LogP contribution >= 0.6 is 0 Å². The first-order chi connectivity index (χ1) is 10.8. The molecule has 0 bridgehead atoms. The number of hydrogen-bond acceptors (Lipinski definition) is 3. The molecule has 1 N–H and O–H groups in total. The zero-order valence-electron chi connectivity index (χ0n) is 12.6. The van der Waals surface area contributed by atoms with E-state index in [1.807, 2.05) is 41.4 Å². The van der Waals surface area contributed by atoms with E-state index in [1.54, 1.807) is 6.20 Å². The van der Waals surface area contributed by atoms with E-state index in [0.717, 1.165) is 31.6 Å². The van der Waals surface area contributed by atoms with Crippen LogP contribution in [0.15, 0.2) is 54.9 Å². The van der Waals surface area contributed by atoms with Crippen molar-refractivity contribution in [2.75, 3.05) is 19.6 Å². The third-order valence-corrected chi connectivity index (χ3v) is 4.10. The number of aryl methyl sites for hydroxylation is 1. The number of aromatic nitrogens is 1. The summed E-state index contributed by atoms with van der Waals surface area (Å²) in [5.41, 5.74) is 2.31. The molecule has 0 unspecified atom stereocenters. The molecule has 22 heavy (non-hydrogen) atoms. The van der Waals surface area contributed by atoms with Crippen molar-refractivity contribution in [3.63, 3.8) is 0 Å². The molecule has 0 saturated carbocycles.